The van der Waals surface area contributed by atoms with Gasteiger partial charge in [0, 0.05) is 6.04 Å². The minimum atomic E-state index is -1.89. The van der Waals surface area contributed by atoms with Crippen LogP contribution >= 0.6 is 0 Å². The number of benzene rings is 1. The number of carboxylic acid groups (broad SMARTS) is 1. The average molecular weight is 209 g/mol. The number of rotatable bonds is 4. The van der Waals surface area contributed by atoms with Gasteiger partial charge in [-0.15, -0.1) is 0 Å². The van der Waals surface area contributed by atoms with Crippen LogP contribution in [0.1, 0.15) is 12.5 Å². The zero-order chi connectivity index (χ0) is 11.5. The predicted molar refractivity (Wildman–Crippen MR) is 56.4 cm³/mol. The summed E-state index contributed by atoms with van der Waals surface area (Å²) in [5.41, 5.74) is 4.67. The monoisotopic (exact) mass is 209 g/mol. The van der Waals surface area contributed by atoms with Gasteiger partial charge in [0.25, 0.3) is 0 Å². The van der Waals surface area contributed by atoms with Crippen LogP contribution in [-0.2, 0) is 11.2 Å². The van der Waals surface area contributed by atoms with Gasteiger partial charge in [-0.2, -0.15) is 0 Å². The third-order valence-electron chi connectivity index (χ3n) is 2.45. The molecule has 0 aliphatic heterocycles. The Labute approximate surface area is 88.3 Å². The molecule has 1 rings (SSSR count). The quantitative estimate of drug-likeness (QED) is 0.670. The largest absolute Gasteiger partial charge is 0.479 e. The van der Waals surface area contributed by atoms with Gasteiger partial charge < -0.3 is 15.9 Å². The number of hydrogen-bond donors (Lipinski definition) is 3. The van der Waals surface area contributed by atoms with Crippen molar-refractivity contribution in [2.45, 2.75) is 25.0 Å². The summed E-state index contributed by atoms with van der Waals surface area (Å²) >= 11 is 0. The van der Waals surface area contributed by atoms with E-state index in [0.29, 0.717) is 6.42 Å². The van der Waals surface area contributed by atoms with E-state index in [-0.39, 0.29) is 0 Å². The molecule has 0 aromatic heterocycles. The van der Waals surface area contributed by atoms with E-state index in [4.69, 9.17) is 10.8 Å². The van der Waals surface area contributed by atoms with E-state index in [1.165, 1.54) is 6.92 Å². The fraction of sp³-hybridized carbons (Fsp3) is 0.364. The Kier molecular flexibility index (Phi) is 3.44. The second kappa shape index (κ2) is 4.42. The highest BCUT2D eigenvalue weighted by Crippen LogP contribution is 2.13. The highest BCUT2D eigenvalue weighted by Gasteiger charge is 2.36. The molecular weight excluding hydrogens is 194 g/mol. The van der Waals surface area contributed by atoms with Crippen LogP contribution in [0.4, 0.5) is 0 Å². The van der Waals surface area contributed by atoms with Gasteiger partial charge in [0.15, 0.2) is 5.60 Å². The van der Waals surface area contributed by atoms with Crippen LogP contribution in [0.25, 0.3) is 0 Å². The first-order valence-corrected chi connectivity index (χ1v) is 4.70. The number of hydrogen-bond acceptors (Lipinski definition) is 3. The Morgan fingerprint density at radius 2 is 2.00 bits per heavy atom. The number of aliphatic hydroxyl groups is 1. The highest BCUT2D eigenvalue weighted by atomic mass is 16.4. The molecule has 4 N–H and O–H groups in total. The van der Waals surface area contributed by atoms with E-state index in [0.717, 1.165) is 5.56 Å². The molecule has 2 atom stereocenters. The SMILES string of the molecule is C[C@@](O)(C(=O)O)[C@@H](N)Cc1ccccc1. The van der Waals surface area contributed by atoms with E-state index in [2.05, 4.69) is 0 Å². The normalized spacial score (nSPS) is 16.7. The zero-order valence-electron chi connectivity index (χ0n) is 8.55. The summed E-state index contributed by atoms with van der Waals surface area (Å²) in [6.45, 7) is 1.21. The van der Waals surface area contributed by atoms with Crippen molar-refractivity contribution in [2.75, 3.05) is 0 Å². The molecule has 0 saturated heterocycles. The molecule has 0 unspecified atom stereocenters. The molecule has 0 saturated carbocycles. The Morgan fingerprint density at radius 1 is 1.47 bits per heavy atom. The summed E-state index contributed by atoms with van der Waals surface area (Å²) in [6.07, 6.45) is 0.333. The molecule has 0 aliphatic rings. The average Bonchev–Trinajstić information content (AvgIpc) is 2.18. The fourth-order valence-corrected chi connectivity index (χ4v) is 1.23. The molecule has 0 radical (unpaired) electrons. The van der Waals surface area contributed by atoms with Crippen molar-refractivity contribution in [3.8, 4) is 0 Å². The zero-order valence-corrected chi connectivity index (χ0v) is 8.55. The second-order valence-corrected chi connectivity index (χ2v) is 3.75. The number of aliphatic carboxylic acids is 1. The summed E-state index contributed by atoms with van der Waals surface area (Å²) in [4.78, 5) is 10.7. The van der Waals surface area contributed by atoms with Crippen LogP contribution in [0.2, 0.25) is 0 Å². The van der Waals surface area contributed by atoms with Gasteiger partial charge >= 0.3 is 5.97 Å². The van der Waals surface area contributed by atoms with Crippen molar-refractivity contribution in [2.24, 2.45) is 5.73 Å². The lowest BCUT2D eigenvalue weighted by Gasteiger charge is -2.25. The summed E-state index contributed by atoms with van der Waals surface area (Å²) < 4.78 is 0. The molecule has 0 aliphatic carbocycles. The maximum absolute atomic E-state index is 10.7. The summed E-state index contributed by atoms with van der Waals surface area (Å²) in [7, 11) is 0. The van der Waals surface area contributed by atoms with Crippen molar-refractivity contribution in [3.63, 3.8) is 0 Å². The molecule has 0 spiro atoms. The van der Waals surface area contributed by atoms with Crippen molar-refractivity contribution in [3.05, 3.63) is 35.9 Å². The van der Waals surface area contributed by atoms with Gasteiger partial charge in [-0.3, -0.25) is 0 Å². The Hall–Kier alpha value is -1.39. The van der Waals surface area contributed by atoms with Gasteiger partial charge in [0.05, 0.1) is 0 Å². The smallest absolute Gasteiger partial charge is 0.337 e. The molecule has 0 bridgehead atoms. The Bertz CT molecular complexity index is 335. The van der Waals surface area contributed by atoms with Gasteiger partial charge in [-0.25, -0.2) is 4.79 Å². The van der Waals surface area contributed by atoms with Gasteiger partial charge in [0.1, 0.15) is 0 Å². The Morgan fingerprint density at radius 3 is 2.47 bits per heavy atom. The van der Waals surface area contributed by atoms with Crippen LogP contribution in [0.5, 0.6) is 0 Å². The topological polar surface area (TPSA) is 83.5 Å². The molecule has 1 aromatic carbocycles. The molecular formula is C11H15NO3. The molecule has 4 nitrogen and oxygen atoms in total. The molecule has 15 heavy (non-hydrogen) atoms. The Balaban J connectivity index is 2.72. The highest BCUT2D eigenvalue weighted by molar-refractivity contribution is 5.77. The van der Waals surface area contributed by atoms with Crippen molar-refractivity contribution in [1.82, 2.24) is 0 Å². The molecule has 0 fully saturated rings. The lowest BCUT2D eigenvalue weighted by molar-refractivity contribution is -0.158. The van der Waals surface area contributed by atoms with E-state index in [1.54, 1.807) is 0 Å². The molecule has 4 heteroatoms. The maximum atomic E-state index is 10.7. The third-order valence-corrected chi connectivity index (χ3v) is 2.45. The summed E-state index contributed by atoms with van der Waals surface area (Å²) in [6, 6.07) is 8.42. The van der Waals surface area contributed by atoms with E-state index in [9.17, 15) is 9.90 Å². The van der Waals surface area contributed by atoms with Gasteiger partial charge in [-0.1, -0.05) is 30.3 Å². The van der Waals surface area contributed by atoms with E-state index in [1.807, 2.05) is 30.3 Å². The standard InChI is InChI=1S/C11H15NO3/c1-11(15,10(13)14)9(12)7-8-5-3-2-4-6-8/h2-6,9,15H,7,12H2,1H3,(H,13,14)/t9-,11-/m0/s1. The lowest BCUT2D eigenvalue weighted by Crippen LogP contribution is -2.52. The first kappa shape index (κ1) is 11.7. The minimum Gasteiger partial charge on any atom is -0.479 e. The van der Waals surface area contributed by atoms with Crippen LogP contribution < -0.4 is 5.73 Å². The molecule has 0 amide bonds. The van der Waals surface area contributed by atoms with Crippen LogP contribution in [0, 0.1) is 0 Å². The third kappa shape index (κ3) is 2.78. The second-order valence-electron chi connectivity index (χ2n) is 3.75. The van der Waals surface area contributed by atoms with E-state index >= 15 is 0 Å². The molecule has 82 valence electrons. The van der Waals surface area contributed by atoms with Crippen LogP contribution in [-0.4, -0.2) is 27.8 Å². The molecule has 0 heterocycles. The summed E-state index contributed by atoms with van der Waals surface area (Å²) in [5.74, 6) is -1.30. The van der Waals surface area contributed by atoms with Crippen molar-refractivity contribution >= 4 is 5.97 Å². The fourth-order valence-electron chi connectivity index (χ4n) is 1.23. The summed E-state index contributed by atoms with van der Waals surface area (Å²) in [5, 5.41) is 18.4. The maximum Gasteiger partial charge on any atom is 0.337 e. The van der Waals surface area contributed by atoms with Gasteiger partial charge in [-0.05, 0) is 18.9 Å². The lowest BCUT2D eigenvalue weighted by atomic mass is 9.92. The molecule has 1 aromatic rings. The first-order valence-electron chi connectivity index (χ1n) is 4.70. The van der Waals surface area contributed by atoms with Crippen LogP contribution in [0.3, 0.4) is 0 Å². The van der Waals surface area contributed by atoms with Gasteiger partial charge in [0.2, 0.25) is 0 Å². The predicted octanol–water partition coefficient (Wildman–Crippen LogP) is 0.392. The van der Waals surface area contributed by atoms with Crippen molar-refractivity contribution in [1.29, 1.82) is 0 Å². The first-order chi connectivity index (χ1) is 6.94. The van der Waals surface area contributed by atoms with Crippen LogP contribution in [0.15, 0.2) is 30.3 Å². The van der Waals surface area contributed by atoms with Crippen molar-refractivity contribution < 1.29 is 15.0 Å². The number of nitrogens with two attached hydrogens (primary N) is 1. The number of carboxylic acids is 1. The number of carbonyl (C=O) groups is 1. The van der Waals surface area contributed by atoms with E-state index < -0.39 is 17.6 Å². The minimum absolute atomic E-state index is 0.333.